The van der Waals surface area contributed by atoms with Gasteiger partial charge < -0.3 is 10.3 Å². The molecule has 1 amide bonds. The van der Waals surface area contributed by atoms with Crippen molar-refractivity contribution in [3.8, 4) is 0 Å². The quantitative estimate of drug-likeness (QED) is 0.595. The second-order valence-electron chi connectivity index (χ2n) is 8.28. The van der Waals surface area contributed by atoms with Crippen LogP contribution in [0.2, 0.25) is 0 Å². The smallest absolute Gasteiger partial charge is 0.354 e. The molecule has 4 rings (SSSR count). The van der Waals surface area contributed by atoms with Crippen LogP contribution >= 0.6 is 0 Å². The maximum Gasteiger partial charge on any atom is 0.404 e. The van der Waals surface area contributed by atoms with Crippen LogP contribution in [0.15, 0.2) is 47.0 Å². The number of H-pyrrole nitrogens is 1. The molecule has 4 heterocycles. The molecule has 0 spiro atoms. The van der Waals surface area contributed by atoms with Crippen LogP contribution in [0.3, 0.4) is 0 Å². The first-order valence-corrected chi connectivity index (χ1v) is 10.9. The maximum absolute atomic E-state index is 13.8. The lowest BCUT2D eigenvalue weighted by Gasteiger charge is -2.25. The number of carbonyl (C=O) groups is 1. The second-order valence-corrected chi connectivity index (χ2v) is 8.28. The molecule has 1 saturated heterocycles. The van der Waals surface area contributed by atoms with Gasteiger partial charge >= 0.3 is 6.18 Å². The van der Waals surface area contributed by atoms with Crippen molar-refractivity contribution in [2.24, 2.45) is 0 Å². The van der Waals surface area contributed by atoms with E-state index in [4.69, 9.17) is 0 Å². The summed E-state index contributed by atoms with van der Waals surface area (Å²) in [6.07, 6.45) is 0.717. The summed E-state index contributed by atoms with van der Waals surface area (Å²) < 4.78 is 41.4. The number of aryl methyl sites for hydroxylation is 1. The van der Waals surface area contributed by atoms with Crippen molar-refractivity contribution >= 4 is 23.0 Å². The van der Waals surface area contributed by atoms with Crippen LogP contribution in [0, 0.1) is 0 Å². The van der Waals surface area contributed by atoms with Gasteiger partial charge in [0.1, 0.15) is 11.7 Å². The normalized spacial score (nSPS) is 18.0. The number of amides is 1. The summed E-state index contributed by atoms with van der Waals surface area (Å²) in [6, 6.07) is 4.94. The molecule has 1 aliphatic heterocycles. The van der Waals surface area contributed by atoms with E-state index in [2.05, 4.69) is 20.3 Å². The van der Waals surface area contributed by atoms with E-state index in [1.807, 2.05) is 6.92 Å². The Morgan fingerprint density at radius 2 is 2.06 bits per heavy atom. The van der Waals surface area contributed by atoms with Gasteiger partial charge in [-0.2, -0.15) is 13.2 Å². The zero-order valence-corrected chi connectivity index (χ0v) is 18.7. The third-order valence-corrected chi connectivity index (χ3v) is 5.89. The molecule has 0 radical (unpaired) electrons. The summed E-state index contributed by atoms with van der Waals surface area (Å²) in [5.41, 5.74) is 3.55. The Morgan fingerprint density at radius 3 is 2.71 bits per heavy atom. The minimum atomic E-state index is -4.40. The zero-order valence-electron chi connectivity index (χ0n) is 18.7. The van der Waals surface area contributed by atoms with Gasteiger partial charge in [-0.25, -0.2) is 0 Å². The van der Waals surface area contributed by atoms with Crippen LogP contribution in [0.1, 0.15) is 40.5 Å². The molecule has 0 saturated carbocycles. The molecular formula is C24H24F3N5O2. The fourth-order valence-electron chi connectivity index (χ4n) is 4.15. The van der Waals surface area contributed by atoms with E-state index < -0.39 is 12.2 Å². The van der Waals surface area contributed by atoms with Gasteiger partial charge in [0.05, 0.1) is 11.0 Å². The summed E-state index contributed by atoms with van der Waals surface area (Å²) in [4.78, 5) is 36.3. The van der Waals surface area contributed by atoms with Crippen molar-refractivity contribution in [3.63, 3.8) is 0 Å². The molecule has 2 N–H and O–H groups in total. The highest BCUT2D eigenvalue weighted by atomic mass is 19.4. The number of aromatic nitrogens is 3. The van der Waals surface area contributed by atoms with E-state index in [1.165, 1.54) is 24.2 Å². The molecule has 10 heteroatoms. The highest BCUT2D eigenvalue weighted by molar-refractivity contribution is 5.92. The minimum Gasteiger partial charge on any atom is -0.354 e. The molecule has 1 unspecified atom stereocenters. The van der Waals surface area contributed by atoms with Crippen LogP contribution in [0.25, 0.3) is 17.1 Å². The van der Waals surface area contributed by atoms with Gasteiger partial charge in [-0.1, -0.05) is 24.6 Å². The number of carbonyl (C=O) groups excluding carboxylic acids is 1. The maximum atomic E-state index is 13.8. The standard InChI is InChI=1S/C24H24F3N5O2/c1-3-17-9-19-20(31-22(17)33)7-16(11-30-19)13-32-12-15(8-21(32)24(25,26)27)6-14-4-5-18(29-10-14)23(34)28-2/h4-7,9-11,21H,3,8,12-13H2,1-2H3,(H,28,34)(H,31,33)/b15-6-. The number of likely N-dealkylation sites (tertiary alicyclic amines) is 1. The molecule has 0 bridgehead atoms. The average Bonchev–Trinajstić information content (AvgIpc) is 3.21. The largest absolute Gasteiger partial charge is 0.404 e. The Balaban J connectivity index is 1.57. The summed E-state index contributed by atoms with van der Waals surface area (Å²) in [7, 11) is 1.50. The van der Waals surface area contributed by atoms with Crippen LogP contribution in [0.4, 0.5) is 13.2 Å². The van der Waals surface area contributed by atoms with Crippen molar-refractivity contribution < 1.29 is 18.0 Å². The molecule has 7 nitrogen and oxygen atoms in total. The van der Waals surface area contributed by atoms with Crippen molar-refractivity contribution in [1.82, 2.24) is 25.2 Å². The molecule has 34 heavy (non-hydrogen) atoms. The van der Waals surface area contributed by atoms with Crippen LogP contribution in [-0.2, 0) is 13.0 Å². The van der Waals surface area contributed by atoms with E-state index >= 15 is 0 Å². The summed E-state index contributed by atoms with van der Waals surface area (Å²) in [6.45, 7) is 2.04. The van der Waals surface area contributed by atoms with Gasteiger partial charge in [-0.05, 0) is 42.2 Å². The number of alkyl halides is 3. The molecule has 0 aliphatic carbocycles. The number of rotatable bonds is 5. The van der Waals surface area contributed by atoms with Crippen LogP contribution in [0.5, 0.6) is 0 Å². The number of hydrogen-bond donors (Lipinski definition) is 2. The fourth-order valence-corrected chi connectivity index (χ4v) is 4.15. The lowest BCUT2D eigenvalue weighted by atomic mass is 10.1. The summed E-state index contributed by atoms with van der Waals surface area (Å²) >= 11 is 0. The molecule has 1 fully saturated rings. The van der Waals surface area contributed by atoms with Gasteiger partial charge in [0.25, 0.3) is 11.5 Å². The first kappa shape index (κ1) is 23.6. The summed E-state index contributed by atoms with van der Waals surface area (Å²) in [5.74, 6) is -0.334. The number of hydrogen-bond acceptors (Lipinski definition) is 5. The monoisotopic (exact) mass is 471 g/mol. The van der Waals surface area contributed by atoms with Crippen molar-refractivity contribution in [3.05, 3.63) is 75.0 Å². The van der Waals surface area contributed by atoms with Crippen LogP contribution in [-0.4, -0.2) is 51.6 Å². The van der Waals surface area contributed by atoms with Gasteiger partial charge in [0.2, 0.25) is 0 Å². The fraction of sp³-hybridized carbons (Fsp3) is 0.333. The first-order valence-electron chi connectivity index (χ1n) is 10.9. The van der Waals surface area contributed by atoms with Gasteiger partial charge in [0, 0.05) is 38.1 Å². The molecule has 3 aromatic heterocycles. The van der Waals surface area contributed by atoms with Crippen LogP contribution < -0.4 is 10.9 Å². The van der Waals surface area contributed by atoms with E-state index in [0.717, 1.165) is 0 Å². The summed E-state index contributed by atoms with van der Waals surface area (Å²) in [5, 5.41) is 2.47. The average molecular weight is 471 g/mol. The minimum absolute atomic E-state index is 0.0376. The lowest BCUT2D eigenvalue weighted by Crippen LogP contribution is -2.40. The van der Waals surface area contributed by atoms with Gasteiger partial charge in [-0.3, -0.25) is 24.5 Å². The van der Waals surface area contributed by atoms with Crippen molar-refractivity contribution in [2.45, 2.75) is 38.5 Å². The number of aromatic amines is 1. The highest BCUT2D eigenvalue weighted by Crippen LogP contribution is 2.36. The van der Waals surface area contributed by atoms with Crippen molar-refractivity contribution in [2.75, 3.05) is 13.6 Å². The second kappa shape index (κ2) is 9.38. The predicted octanol–water partition coefficient (Wildman–Crippen LogP) is 3.46. The topological polar surface area (TPSA) is 91.0 Å². The first-order chi connectivity index (χ1) is 16.2. The Morgan fingerprint density at radius 1 is 1.26 bits per heavy atom. The zero-order chi connectivity index (χ0) is 24.5. The Hall–Kier alpha value is -3.53. The number of halogens is 3. The number of fused-ring (bicyclic) bond motifs is 1. The van der Waals surface area contributed by atoms with Gasteiger partial charge in [0.15, 0.2) is 0 Å². The predicted molar refractivity (Wildman–Crippen MR) is 122 cm³/mol. The number of pyridine rings is 3. The van der Waals surface area contributed by atoms with E-state index in [9.17, 15) is 22.8 Å². The third kappa shape index (κ3) is 5.01. The van der Waals surface area contributed by atoms with Crippen molar-refractivity contribution in [1.29, 1.82) is 0 Å². The van der Waals surface area contributed by atoms with E-state index in [1.54, 1.807) is 30.5 Å². The Kier molecular flexibility index (Phi) is 6.52. The molecule has 0 aromatic carbocycles. The van der Waals surface area contributed by atoms with E-state index in [-0.39, 0.29) is 36.7 Å². The Bertz CT molecular complexity index is 1300. The highest BCUT2D eigenvalue weighted by Gasteiger charge is 2.47. The molecule has 178 valence electrons. The Labute approximate surface area is 193 Å². The lowest BCUT2D eigenvalue weighted by molar-refractivity contribution is -0.176. The third-order valence-electron chi connectivity index (χ3n) is 5.89. The van der Waals surface area contributed by atoms with E-state index in [0.29, 0.717) is 39.7 Å². The number of nitrogens with zero attached hydrogens (tertiary/aromatic N) is 3. The molecular weight excluding hydrogens is 447 g/mol. The van der Waals surface area contributed by atoms with Gasteiger partial charge in [-0.15, -0.1) is 0 Å². The SMILES string of the molecule is CCc1cc2ncc(CN3C/C(=C\c4ccc(C(=O)NC)nc4)CC3C(F)(F)F)cc2[nH]c1=O. The number of nitrogens with one attached hydrogen (secondary N) is 2. The molecule has 1 atom stereocenters. The molecule has 1 aliphatic rings. The molecule has 3 aromatic rings.